The number of amides is 1. The number of hydrogen-bond donors (Lipinski definition) is 1. The van der Waals surface area contributed by atoms with Crippen LogP contribution >= 0.6 is 0 Å². The van der Waals surface area contributed by atoms with Crippen molar-refractivity contribution >= 4 is 11.7 Å². The standard InChI is InChI=1S/C21H24N6O/c1-16(17-4-6-19(7-5-17)27-12-10-23-15-27)25-21(28)18-3-2-11-26(14-18)20-13-22-8-9-24-20/h4-10,12-13,15-16,18H,2-3,11,14H2,1H3,(H,25,28)/t16-,18-/m0/s1. The molecular formula is C21H24N6O. The third-order valence-corrected chi connectivity index (χ3v) is 5.22. The van der Waals surface area contributed by atoms with Crippen molar-refractivity contribution in [3.05, 3.63) is 67.1 Å². The summed E-state index contributed by atoms with van der Waals surface area (Å²) >= 11 is 0. The van der Waals surface area contributed by atoms with Crippen molar-refractivity contribution in [2.45, 2.75) is 25.8 Å². The molecule has 1 aliphatic rings. The van der Waals surface area contributed by atoms with Crippen molar-refractivity contribution in [3.8, 4) is 5.69 Å². The van der Waals surface area contributed by atoms with Crippen molar-refractivity contribution in [2.24, 2.45) is 5.92 Å². The number of hydrogen-bond acceptors (Lipinski definition) is 5. The van der Waals surface area contributed by atoms with Crippen LogP contribution in [0.1, 0.15) is 31.4 Å². The lowest BCUT2D eigenvalue weighted by Crippen LogP contribution is -2.44. The molecule has 0 radical (unpaired) electrons. The van der Waals surface area contributed by atoms with Crippen LogP contribution in [0.4, 0.5) is 5.82 Å². The summed E-state index contributed by atoms with van der Waals surface area (Å²) in [4.78, 5) is 27.5. The van der Waals surface area contributed by atoms with Gasteiger partial charge < -0.3 is 14.8 Å². The molecule has 0 spiro atoms. The maximum Gasteiger partial charge on any atom is 0.225 e. The van der Waals surface area contributed by atoms with Gasteiger partial charge in [-0.1, -0.05) is 12.1 Å². The number of rotatable bonds is 5. The maximum atomic E-state index is 12.8. The Morgan fingerprint density at radius 3 is 2.75 bits per heavy atom. The Balaban J connectivity index is 1.37. The van der Waals surface area contributed by atoms with Crippen LogP contribution < -0.4 is 10.2 Å². The third kappa shape index (κ3) is 4.03. The first-order valence-corrected chi connectivity index (χ1v) is 9.60. The molecule has 28 heavy (non-hydrogen) atoms. The molecule has 0 saturated carbocycles. The summed E-state index contributed by atoms with van der Waals surface area (Å²) in [6.07, 6.45) is 12.4. The number of anilines is 1. The van der Waals surface area contributed by atoms with Gasteiger partial charge in [0.15, 0.2) is 0 Å². The van der Waals surface area contributed by atoms with Crippen molar-refractivity contribution in [2.75, 3.05) is 18.0 Å². The second kappa shape index (κ2) is 8.21. The minimum absolute atomic E-state index is 0.0385. The third-order valence-electron chi connectivity index (χ3n) is 5.22. The Morgan fingerprint density at radius 2 is 2.04 bits per heavy atom. The fraction of sp³-hybridized carbons (Fsp3) is 0.333. The summed E-state index contributed by atoms with van der Waals surface area (Å²) in [5.41, 5.74) is 2.13. The van der Waals surface area contributed by atoms with Crippen molar-refractivity contribution in [3.63, 3.8) is 0 Å². The van der Waals surface area contributed by atoms with Gasteiger partial charge in [0.05, 0.1) is 24.5 Å². The van der Waals surface area contributed by atoms with Gasteiger partial charge in [-0.25, -0.2) is 9.97 Å². The van der Waals surface area contributed by atoms with Crippen molar-refractivity contribution < 1.29 is 4.79 Å². The molecule has 0 aliphatic carbocycles. The molecule has 1 aliphatic heterocycles. The van der Waals surface area contributed by atoms with Gasteiger partial charge in [-0.3, -0.25) is 9.78 Å². The Morgan fingerprint density at radius 1 is 1.18 bits per heavy atom. The van der Waals surface area contributed by atoms with Gasteiger partial charge in [0, 0.05) is 43.6 Å². The van der Waals surface area contributed by atoms with Crippen molar-refractivity contribution in [1.82, 2.24) is 24.8 Å². The Labute approximate surface area is 164 Å². The molecule has 7 heteroatoms. The normalized spacial score (nSPS) is 17.9. The van der Waals surface area contributed by atoms with Crippen molar-refractivity contribution in [1.29, 1.82) is 0 Å². The number of benzene rings is 1. The quantitative estimate of drug-likeness (QED) is 0.741. The van der Waals surface area contributed by atoms with Crippen LogP contribution in [0.3, 0.4) is 0 Å². The van der Waals surface area contributed by atoms with E-state index in [1.165, 1.54) is 0 Å². The summed E-state index contributed by atoms with van der Waals surface area (Å²) in [5.74, 6) is 0.895. The monoisotopic (exact) mass is 376 g/mol. The van der Waals surface area contributed by atoms with E-state index >= 15 is 0 Å². The molecule has 1 saturated heterocycles. The van der Waals surface area contributed by atoms with Gasteiger partial charge in [0.2, 0.25) is 5.91 Å². The fourth-order valence-corrected chi connectivity index (χ4v) is 3.62. The summed E-state index contributed by atoms with van der Waals surface area (Å²) in [5, 5.41) is 3.17. The number of nitrogens with zero attached hydrogens (tertiary/aromatic N) is 5. The highest BCUT2D eigenvalue weighted by Gasteiger charge is 2.27. The van der Waals surface area contributed by atoms with Gasteiger partial charge in [-0.2, -0.15) is 0 Å². The first-order valence-electron chi connectivity index (χ1n) is 9.60. The van der Waals surface area contributed by atoms with Crippen LogP contribution in [0.5, 0.6) is 0 Å². The van der Waals surface area contributed by atoms with Crippen LogP contribution in [-0.2, 0) is 4.79 Å². The van der Waals surface area contributed by atoms with Crippen LogP contribution in [-0.4, -0.2) is 38.5 Å². The number of imidazole rings is 1. The van der Waals surface area contributed by atoms with Crippen LogP contribution in [0.2, 0.25) is 0 Å². The molecule has 1 amide bonds. The van der Waals surface area contributed by atoms with Gasteiger partial charge in [0.25, 0.3) is 0 Å². The largest absolute Gasteiger partial charge is 0.355 e. The molecule has 2 atom stereocenters. The van der Waals surface area contributed by atoms with Crippen LogP contribution in [0.15, 0.2) is 61.6 Å². The van der Waals surface area contributed by atoms with E-state index in [0.29, 0.717) is 6.54 Å². The zero-order chi connectivity index (χ0) is 19.3. The SMILES string of the molecule is C[C@H](NC(=O)[C@H]1CCCN(c2cnccn2)C1)c1ccc(-n2ccnc2)cc1. The van der Waals surface area contributed by atoms with E-state index in [9.17, 15) is 4.79 Å². The van der Waals surface area contributed by atoms with E-state index in [0.717, 1.165) is 36.5 Å². The van der Waals surface area contributed by atoms with Crippen LogP contribution in [0.25, 0.3) is 5.69 Å². The zero-order valence-corrected chi connectivity index (χ0v) is 15.9. The Bertz CT molecular complexity index is 894. The Hall–Kier alpha value is -3.22. The number of piperidine rings is 1. The fourth-order valence-electron chi connectivity index (χ4n) is 3.62. The average molecular weight is 376 g/mol. The molecule has 0 unspecified atom stereocenters. The van der Waals surface area contributed by atoms with Gasteiger partial charge in [-0.05, 0) is 37.5 Å². The highest BCUT2D eigenvalue weighted by atomic mass is 16.2. The summed E-state index contributed by atoms with van der Waals surface area (Å²) in [7, 11) is 0. The van der Waals surface area contributed by atoms with Gasteiger partial charge in [0.1, 0.15) is 5.82 Å². The number of aromatic nitrogens is 4. The van der Waals surface area contributed by atoms with Gasteiger partial charge >= 0.3 is 0 Å². The molecule has 144 valence electrons. The van der Waals surface area contributed by atoms with E-state index in [1.54, 1.807) is 31.1 Å². The summed E-state index contributed by atoms with van der Waals surface area (Å²) in [6, 6.07) is 8.13. The highest BCUT2D eigenvalue weighted by molar-refractivity contribution is 5.80. The zero-order valence-electron chi connectivity index (χ0n) is 15.9. The molecular weight excluding hydrogens is 352 g/mol. The van der Waals surface area contributed by atoms with E-state index in [4.69, 9.17) is 0 Å². The lowest BCUT2D eigenvalue weighted by Gasteiger charge is -2.33. The molecule has 4 rings (SSSR count). The molecule has 1 fully saturated rings. The number of carbonyl (C=O) groups excluding carboxylic acids is 1. The minimum Gasteiger partial charge on any atom is -0.355 e. The predicted octanol–water partition coefficient (Wildman–Crippen LogP) is 2.76. The van der Waals surface area contributed by atoms with E-state index in [1.807, 2.05) is 42.0 Å². The minimum atomic E-state index is -0.0452. The topological polar surface area (TPSA) is 75.9 Å². The van der Waals surface area contributed by atoms with E-state index in [2.05, 4.69) is 25.2 Å². The second-order valence-electron chi connectivity index (χ2n) is 7.14. The molecule has 3 aromatic rings. The molecule has 1 aromatic carbocycles. The van der Waals surface area contributed by atoms with E-state index in [-0.39, 0.29) is 17.9 Å². The first kappa shape index (κ1) is 18.2. The Kier molecular flexibility index (Phi) is 5.32. The first-order chi connectivity index (χ1) is 13.7. The number of nitrogens with one attached hydrogen (secondary N) is 1. The molecule has 7 nitrogen and oxygen atoms in total. The highest BCUT2D eigenvalue weighted by Crippen LogP contribution is 2.22. The average Bonchev–Trinajstić information content (AvgIpc) is 3.29. The molecule has 1 N–H and O–H groups in total. The van der Waals surface area contributed by atoms with Crippen LogP contribution in [0, 0.1) is 5.92 Å². The van der Waals surface area contributed by atoms with E-state index < -0.39 is 0 Å². The lowest BCUT2D eigenvalue weighted by molar-refractivity contribution is -0.125. The smallest absolute Gasteiger partial charge is 0.225 e. The predicted molar refractivity (Wildman–Crippen MR) is 107 cm³/mol. The second-order valence-corrected chi connectivity index (χ2v) is 7.14. The molecule has 0 bridgehead atoms. The van der Waals surface area contributed by atoms with Gasteiger partial charge in [-0.15, -0.1) is 0 Å². The molecule has 3 heterocycles. The maximum absolute atomic E-state index is 12.8. The number of carbonyl (C=O) groups is 1. The summed E-state index contributed by atoms with van der Waals surface area (Å²) in [6.45, 7) is 3.61. The lowest BCUT2D eigenvalue weighted by atomic mass is 9.96. The molecule has 2 aromatic heterocycles. The summed E-state index contributed by atoms with van der Waals surface area (Å²) < 4.78 is 1.95.